The minimum atomic E-state index is 0.0670. The summed E-state index contributed by atoms with van der Waals surface area (Å²) in [5.41, 5.74) is 1.57. The van der Waals surface area contributed by atoms with E-state index in [9.17, 15) is 5.11 Å². The number of benzene rings is 1. The average Bonchev–Trinajstić information content (AvgIpc) is 2.69. The molecule has 3 nitrogen and oxygen atoms in total. The molecule has 17 heavy (non-hydrogen) atoms. The molecule has 0 radical (unpaired) electrons. The third kappa shape index (κ3) is 1.91. The van der Waals surface area contributed by atoms with Crippen molar-refractivity contribution in [3.05, 3.63) is 35.4 Å². The molecular formula is C13H12ClNO2. The fourth-order valence-electron chi connectivity index (χ4n) is 1.93. The topological polar surface area (TPSA) is 46.3 Å². The number of hydrogen-bond acceptors (Lipinski definition) is 3. The van der Waals surface area contributed by atoms with Crippen molar-refractivity contribution in [2.24, 2.45) is 0 Å². The number of oxazole rings is 1. The van der Waals surface area contributed by atoms with E-state index in [-0.39, 0.29) is 5.75 Å². The van der Waals surface area contributed by atoms with Gasteiger partial charge in [0.25, 0.3) is 0 Å². The first-order chi connectivity index (χ1) is 8.24. The van der Waals surface area contributed by atoms with Crippen LogP contribution >= 0.6 is 11.6 Å². The van der Waals surface area contributed by atoms with Crippen LogP contribution in [-0.2, 0) is 0 Å². The highest BCUT2D eigenvalue weighted by atomic mass is 35.5. The van der Waals surface area contributed by atoms with Crippen LogP contribution in [0.1, 0.15) is 31.1 Å². The summed E-state index contributed by atoms with van der Waals surface area (Å²) in [6.45, 7) is 0. The quantitative estimate of drug-likeness (QED) is 0.876. The molecule has 1 aliphatic rings. The van der Waals surface area contributed by atoms with E-state index in [0.717, 1.165) is 30.0 Å². The number of rotatable bonds is 2. The molecule has 1 saturated carbocycles. The fourth-order valence-corrected chi connectivity index (χ4v) is 2.05. The summed E-state index contributed by atoms with van der Waals surface area (Å²) < 4.78 is 5.47. The molecule has 1 N–H and O–H groups in total. The number of phenolic OH excluding ortho intramolecular Hbond substituents is 1. The van der Waals surface area contributed by atoms with Crippen LogP contribution in [0.2, 0.25) is 5.02 Å². The highest BCUT2D eigenvalue weighted by molar-refractivity contribution is 6.32. The molecule has 0 unspecified atom stereocenters. The molecule has 1 aromatic carbocycles. The maximum absolute atomic E-state index is 9.54. The largest absolute Gasteiger partial charge is 0.506 e. The van der Waals surface area contributed by atoms with E-state index in [1.165, 1.54) is 6.42 Å². The minimum Gasteiger partial charge on any atom is -0.506 e. The van der Waals surface area contributed by atoms with Gasteiger partial charge in [-0.05, 0) is 25.0 Å². The van der Waals surface area contributed by atoms with Gasteiger partial charge >= 0.3 is 0 Å². The van der Waals surface area contributed by atoms with Crippen LogP contribution in [0, 0.1) is 0 Å². The Morgan fingerprint density at radius 2 is 2.18 bits per heavy atom. The second-order valence-electron chi connectivity index (χ2n) is 4.37. The van der Waals surface area contributed by atoms with Gasteiger partial charge in [0.05, 0.1) is 5.02 Å². The number of aromatic nitrogens is 1. The molecule has 0 atom stereocenters. The lowest BCUT2D eigenvalue weighted by Gasteiger charge is -2.21. The van der Waals surface area contributed by atoms with Gasteiger partial charge in [0.15, 0.2) is 5.89 Å². The Morgan fingerprint density at radius 1 is 1.35 bits per heavy atom. The third-order valence-electron chi connectivity index (χ3n) is 3.22. The zero-order valence-electron chi connectivity index (χ0n) is 9.19. The maximum Gasteiger partial charge on any atom is 0.197 e. The Hall–Kier alpha value is -1.48. The van der Waals surface area contributed by atoms with Gasteiger partial charge < -0.3 is 9.52 Å². The SMILES string of the molecule is Oc1cc(-c2coc(C3CCC3)n2)ccc1Cl. The Morgan fingerprint density at radius 3 is 2.82 bits per heavy atom. The van der Waals surface area contributed by atoms with Crippen molar-refractivity contribution in [2.75, 3.05) is 0 Å². The highest BCUT2D eigenvalue weighted by Gasteiger charge is 2.24. The molecule has 3 rings (SSSR count). The first-order valence-corrected chi connectivity index (χ1v) is 6.06. The molecule has 0 saturated heterocycles. The minimum absolute atomic E-state index is 0.0670. The normalized spacial score (nSPS) is 15.8. The van der Waals surface area contributed by atoms with Gasteiger partial charge in [-0.3, -0.25) is 0 Å². The van der Waals surface area contributed by atoms with Gasteiger partial charge in [-0.25, -0.2) is 4.98 Å². The van der Waals surface area contributed by atoms with Crippen molar-refractivity contribution in [1.82, 2.24) is 4.98 Å². The number of hydrogen-bond donors (Lipinski definition) is 1. The molecule has 1 aliphatic carbocycles. The van der Waals surface area contributed by atoms with Gasteiger partial charge in [0.2, 0.25) is 0 Å². The zero-order valence-corrected chi connectivity index (χ0v) is 9.94. The van der Waals surface area contributed by atoms with Crippen LogP contribution < -0.4 is 0 Å². The number of aromatic hydroxyl groups is 1. The number of nitrogens with zero attached hydrogens (tertiary/aromatic N) is 1. The molecule has 1 heterocycles. The van der Waals surface area contributed by atoms with Crippen molar-refractivity contribution in [1.29, 1.82) is 0 Å². The molecule has 1 aromatic heterocycles. The second-order valence-corrected chi connectivity index (χ2v) is 4.77. The molecule has 0 spiro atoms. The molecule has 2 aromatic rings. The van der Waals surface area contributed by atoms with E-state index in [0.29, 0.717) is 10.9 Å². The first kappa shape index (κ1) is 10.7. The van der Waals surface area contributed by atoms with Gasteiger partial charge in [-0.2, -0.15) is 0 Å². The van der Waals surface area contributed by atoms with Gasteiger partial charge in [0, 0.05) is 11.5 Å². The standard InChI is InChI=1S/C13H12ClNO2/c14-10-5-4-9(6-12(10)16)11-7-17-13(15-11)8-2-1-3-8/h4-8,16H,1-3H2. The van der Waals surface area contributed by atoms with Gasteiger partial charge in [-0.15, -0.1) is 0 Å². The third-order valence-corrected chi connectivity index (χ3v) is 3.54. The lowest BCUT2D eigenvalue weighted by molar-refractivity contribution is 0.335. The molecular weight excluding hydrogens is 238 g/mol. The van der Waals surface area contributed by atoms with Crippen molar-refractivity contribution in [2.45, 2.75) is 25.2 Å². The average molecular weight is 250 g/mol. The zero-order chi connectivity index (χ0) is 11.8. The van der Waals surface area contributed by atoms with Crippen LogP contribution in [-0.4, -0.2) is 10.1 Å². The Labute approximate surface area is 104 Å². The summed E-state index contributed by atoms with van der Waals surface area (Å²) in [6, 6.07) is 5.08. The summed E-state index contributed by atoms with van der Waals surface area (Å²) in [7, 11) is 0. The van der Waals surface area contributed by atoms with Crippen molar-refractivity contribution in [3.63, 3.8) is 0 Å². The highest BCUT2D eigenvalue weighted by Crippen LogP contribution is 2.37. The molecule has 0 bridgehead atoms. The van der Waals surface area contributed by atoms with Crippen LogP contribution in [0.3, 0.4) is 0 Å². The Kier molecular flexibility index (Phi) is 2.56. The Bertz CT molecular complexity index is 546. The van der Waals surface area contributed by atoms with Crippen LogP contribution in [0.5, 0.6) is 5.75 Å². The molecule has 0 aliphatic heterocycles. The fraction of sp³-hybridized carbons (Fsp3) is 0.308. The van der Waals surface area contributed by atoms with E-state index in [1.54, 1.807) is 18.4 Å². The molecule has 1 fully saturated rings. The van der Waals surface area contributed by atoms with E-state index in [1.807, 2.05) is 6.07 Å². The summed E-state index contributed by atoms with van der Waals surface area (Å²) in [5.74, 6) is 1.35. The smallest absolute Gasteiger partial charge is 0.197 e. The van der Waals surface area contributed by atoms with E-state index in [2.05, 4.69) is 4.98 Å². The van der Waals surface area contributed by atoms with Crippen LogP contribution in [0.4, 0.5) is 0 Å². The van der Waals surface area contributed by atoms with Crippen LogP contribution in [0.15, 0.2) is 28.9 Å². The van der Waals surface area contributed by atoms with E-state index in [4.69, 9.17) is 16.0 Å². The number of halogens is 1. The van der Waals surface area contributed by atoms with Crippen molar-refractivity contribution in [3.8, 4) is 17.0 Å². The second kappa shape index (κ2) is 4.08. The summed E-state index contributed by atoms with van der Waals surface area (Å²) >= 11 is 5.76. The van der Waals surface area contributed by atoms with Gasteiger partial charge in [0.1, 0.15) is 17.7 Å². The summed E-state index contributed by atoms with van der Waals surface area (Å²) in [4.78, 5) is 4.45. The summed E-state index contributed by atoms with van der Waals surface area (Å²) in [6.07, 6.45) is 5.21. The summed E-state index contributed by atoms with van der Waals surface area (Å²) in [5, 5.41) is 9.89. The Balaban J connectivity index is 1.92. The predicted molar refractivity (Wildman–Crippen MR) is 65.2 cm³/mol. The lowest BCUT2D eigenvalue weighted by atomic mass is 9.85. The monoisotopic (exact) mass is 249 g/mol. The van der Waals surface area contributed by atoms with E-state index < -0.39 is 0 Å². The van der Waals surface area contributed by atoms with Gasteiger partial charge in [-0.1, -0.05) is 24.1 Å². The lowest BCUT2D eigenvalue weighted by Crippen LogP contribution is -2.08. The molecule has 0 amide bonds. The molecule has 4 heteroatoms. The predicted octanol–water partition coefficient (Wildman–Crippen LogP) is 3.97. The van der Waals surface area contributed by atoms with E-state index >= 15 is 0 Å². The first-order valence-electron chi connectivity index (χ1n) is 5.68. The van der Waals surface area contributed by atoms with Crippen LogP contribution in [0.25, 0.3) is 11.3 Å². The number of phenols is 1. The van der Waals surface area contributed by atoms with Crippen molar-refractivity contribution < 1.29 is 9.52 Å². The maximum atomic E-state index is 9.54. The van der Waals surface area contributed by atoms with Crippen molar-refractivity contribution >= 4 is 11.6 Å². The molecule has 88 valence electrons.